The Hall–Kier alpha value is -3.36. The van der Waals surface area contributed by atoms with E-state index in [-0.39, 0.29) is 12.2 Å². The van der Waals surface area contributed by atoms with Crippen LogP contribution in [0.25, 0.3) is 11.6 Å². The lowest BCUT2D eigenvalue weighted by molar-refractivity contribution is 0.0696. The molecule has 0 aromatic heterocycles. The van der Waals surface area contributed by atoms with Crippen LogP contribution in [0.15, 0.2) is 77.3 Å². The van der Waals surface area contributed by atoms with Crippen molar-refractivity contribution < 1.29 is 14.6 Å². The molecule has 0 amide bonds. The third kappa shape index (κ3) is 5.09. The van der Waals surface area contributed by atoms with Crippen LogP contribution in [0.5, 0.6) is 5.75 Å². The Morgan fingerprint density at radius 2 is 1.75 bits per heavy atom. The predicted molar refractivity (Wildman–Crippen MR) is 112 cm³/mol. The molecule has 0 radical (unpaired) electrons. The maximum atomic E-state index is 11.0. The minimum atomic E-state index is -0.961. The number of benzene rings is 3. The molecule has 1 N–H and O–H groups in total. The number of hydrogen-bond donors (Lipinski definition) is 1. The number of hydrogen-bond acceptors (Lipinski definition) is 3. The van der Waals surface area contributed by atoms with Gasteiger partial charge >= 0.3 is 5.97 Å². The number of allylic oxidation sites excluding steroid dienone is 1. The summed E-state index contributed by atoms with van der Waals surface area (Å²) < 4.78 is 6.69. The zero-order valence-electron chi connectivity index (χ0n) is 14.8. The normalized spacial score (nSPS) is 10.9. The molecule has 0 saturated heterocycles. The van der Waals surface area contributed by atoms with Crippen molar-refractivity contribution in [2.24, 2.45) is 0 Å². The van der Waals surface area contributed by atoms with E-state index in [1.54, 1.807) is 18.2 Å². The first-order chi connectivity index (χ1) is 13.5. The molecule has 28 heavy (non-hydrogen) atoms. The lowest BCUT2D eigenvalue weighted by Gasteiger charge is -2.07. The second-order valence-electron chi connectivity index (χ2n) is 6.04. The van der Waals surface area contributed by atoms with Crippen molar-refractivity contribution in [1.29, 1.82) is 5.26 Å². The minimum Gasteiger partial charge on any atom is -0.489 e. The number of aromatic carboxylic acids is 1. The molecule has 0 saturated carbocycles. The van der Waals surface area contributed by atoms with Crippen molar-refractivity contribution >= 4 is 33.5 Å². The standard InChI is InChI=1S/C23H16BrNO3/c24-21-8-6-18(7-9-21)20(14-25)12-16-4-10-22(11-5-16)28-15-17-2-1-3-19(13-17)23(26)27/h1-13H,15H2,(H,26,27)/b20-12+. The molecule has 5 heteroatoms. The molecule has 0 bridgehead atoms. The first-order valence-electron chi connectivity index (χ1n) is 8.48. The molecule has 0 heterocycles. The van der Waals surface area contributed by atoms with Gasteiger partial charge in [-0.15, -0.1) is 0 Å². The topological polar surface area (TPSA) is 70.3 Å². The smallest absolute Gasteiger partial charge is 0.335 e. The van der Waals surface area contributed by atoms with Crippen LogP contribution in [0.4, 0.5) is 0 Å². The molecule has 0 aliphatic carbocycles. The highest BCUT2D eigenvalue weighted by Gasteiger charge is 2.04. The van der Waals surface area contributed by atoms with E-state index in [4.69, 9.17) is 9.84 Å². The molecule has 0 atom stereocenters. The van der Waals surface area contributed by atoms with E-state index in [1.807, 2.05) is 60.7 Å². The Labute approximate surface area is 171 Å². The van der Waals surface area contributed by atoms with Gasteiger partial charge < -0.3 is 9.84 Å². The summed E-state index contributed by atoms with van der Waals surface area (Å²) in [5, 5.41) is 18.5. The van der Waals surface area contributed by atoms with Crippen LogP contribution in [0.3, 0.4) is 0 Å². The van der Waals surface area contributed by atoms with Crippen LogP contribution in [0, 0.1) is 11.3 Å². The van der Waals surface area contributed by atoms with E-state index in [0.717, 1.165) is 21.2 Å². The van der Waals surface area contributed by atoms with Crippen molar-refractivity contribution in [3.8, 4) is 11.8 Å². The zero-order valence-corrected chi connectivity index (χ0v) is 16.4. The number of nitriles is 1. The Bertz CT molecular complexity index is 1050. The fourth-order valence-electron chi connectivity index (χ4n) is 2.60. The highest BCUT2D eigenvalue weighted by Crippen LogP contribution is 2.22. The van der Waals surface area contributed by atoms with Gasteiger partial charge in [0.15, 0.2) is 0 Å². The molecular formula is C23H16BrNO3. The summed E-state index contributed by atoms with van der Waals surface area (Å²) in [7, 11) is 0. The molecular weight excluding hydrogens is 418 g/mol. The molecule has 4 nitrogen and oxygen atoms in total. The Kier molecular flexibility index (Phi) is 6.25. The van der Waals surface area contributed by atoms with E-state index < -0.39 is 5.97 Å². The maximum Gasteiger partial charge on any atom is 0.335 e. The average molecular weight is 434 g/mol. The maximum absolute atomic E-state index is 11.0. The summed E-state index contributed by atoms with van der Waals surface area (Å²) in [4.78, 5) is 11.0. The molecule has 3 aromatic carbocycles. The van der Waals surface area contributed by atoms with Gasteiger partial charge in [0.05, 0.1) is 17.2 Å². The summed E-state index contributed by atoms with van der Waals surface area (Å²) in [6.07, 6.45) is 1.82. The third-order valence-electron chi connectivity index (χ3n) is 4.05. The predicted octanol–water partition coefficient (Wildman–Crippen LogP) is 5.79. The number of carboxylic acid groups (broad SMARTS) is 1. The summed E-state index contributed by atoms with van der Waals surface area (Å²) in [5.41, 5.74) is 3.33. The first-order valence-corrected chi connectivity index (χ1v) is 9.27. The van der Waals surface area contributed by atoms with E-state index >= 15 is 0 Å². The quantitative estimate of drug-likeness (QED) is 0.394. The van der Waals surface area contributed by atoms with Gasteiger partial charge in [-0.05, 0) is 59.2 Å². The number of halogens is 1. The Morgan fingerprint density at radius 1 is 1.04 bits per heavy atom. The first kappa shape index (κ1) is 19.4. The summed E-state index contributed by atoms with van der Waals surface area (Å²) in [6.45, 7) is 0.276. The molecule has 0 fully saturated rings. The van der Waals surface area contributed by atoms with Crippen LogP contribution in [0.1, 0.15) is 27.0 Å². The number of rotatable bonds is 6. The molecule has 138 valence electrons. The van der Waals surface area contributed by atoms with Crippen LogP contribution in [0.2, 0.25) is 0 Å². The van der Waals surface area contributed by atoms with Gasteiger partial charge in [-0.25, -0.2) is 4.79 Å². The van der Waals surface area contributed by atoms with Crippen molar-refractivity contribution in [2.75, 3.05) is 0 Å². The average Bonchev–Trinajstić information content (AvgIpc) is 2.72. The second-order valence-corrected chi connectivity index (χ2v) is 6.96. The van der Waals surface area contributed by atoms with E-state index in [0.29, 0.717) is 11.3 Å². The monoisotopic (exact) mass is 433 g/mol. The van der Waals surface area contributed by atoms with Gasteiger partial charge in [-0.2, -0.15) is 5.26 Å². The lowest BCUT2D eigenvalue weighted by atomic mass is 10.0. The largest absolute Gasteiger partial charge is 0.489 e. The summed E-state index contributed by atoms with van der Waals surface area (Å²) >= 11 is 3.39. The van der Waals surface area contributed by atoms with Gasteiger partial charge in [0, 0.05) is 4.47 Å². The molecule has 3 aromatic rings. The number of carbonyl (C=O) groups is 1. The van der Waals surface area contributed by atoms with Gasteiger partial charge in [0.1, 0.15) is 12.4 Å². The van der Waals surface area contributed by atoms with Gasteiger partial charge in [-0.3, -0.25) is 0 Å². The van der Waals surface area contributed by atoms with Crippen LogP contribution >= 0.6 is 15.9 Å². The molecule has 0 unspecified atom stereocenters. The summed E-state index contributed by atoms with van der Waals surface area (Å²) in [6, 6.07) is 23.9. The highest BCUT2D eigenvalue weighted by molar-refractivity contribution is 9.10. The second kappa shape index (κ2) is 9.03. The Morgan fingerprint density at radius 3 is 2.39 bits per heavy atom. The fraction of sp³-hybridized carbons (Fsp3) is 0.0435. The minimum absolute atomic E-state index is 0.235. The van der Waals surface area contributed by atoms with Crippen molar-refractivity contribution in [1.82, 2.24) is 0 Å². The van der Waals surface area contributed by atoms with E-state index in [9.17, 15) is 10.1 Å². The molecule has 3 rings (SSSR count). The van der Waals surface area contributed by atoms with E-state index in [2.05, 4.69) is 22.0 Å². The molecule has 0 aliphatic rings. The SMILES string of the molecule is N#C/C(=C\c1ccc(OCc2cccc(C(=O)O)c2)cc1)c1ccc(Br)cc1. The third-order valence-corrected chi connectivity index (χ3v) is 4.57. The molecule has 0 spiro atoms. The molecule has 0 aliphatic heterocycles. The number of carboxylic acids is 1. The van der Waals surface area contributed by atoms with E-state index in [1.165, 1.54) is 0 Å². The number of ether oxygens (including phenoxy) is 1. The summed E-state index contributed by atoms with van der Waals surface area (Å²) in [5.74, 6) is -0.294. The van der Waals surface area contributed by atoms with Gasteiger partial charge in [0.2, 0.25) is 0 Å². The number of nitrogens with zero attached hydrogens (tertiary/aromatic N) is 1. The van der Waals surface area contributed by atoms with Gasteiger partial charge in [-0.1, -0.05) is 52.3 Å². The Balaban J connectivity index is 1.69. The zero-order chi connectivity index (χ0) is 19.9. The van der Waals surface area contributed by atoms with Crippen LogP contribution < -0.4 is 4.74 Å². The van der Waals surface area contributed by atoms with Gasteiger partial charge in [0.25, 0.3) is 0 Å². The van der Waals surface area contributed by atoms with Crippen molar-refractivity contribution in [3.63, 3.8) is 0 Å². The van der Waals surface area contributed by atoms with Crippen molar-refractivity contribution in [3.05, 3.63) is 99.5 Å². The van der Waals surface area contributed by atoms with Crippen LogP contribution in [-0.4, -0.2) is 11.1 Å². The highest BCUT2D eigenvalue weighted by atomic mass is 79.9. The van der Waals surface area contributed by atoms with Crippen LogP contribution in [-0.2, 0) is 6.61 Å². The van der Waals surface area contributed by atoms with Crippen molar-refractivity contribution in [2.45, 2.75) is 6.61 Å². The fourth-order valence-corrected chi connectivity index (χ4v) is 2.86. The lowest BCUT2D eigenvalue weighted by Crippen LogP contribution is -2.00.